The number of nitrogens with one attached hydrogen (secondary N) is 1. The van der Waals surface area contributed by atoms with Crippen LogP contribution >= 0.6 is 15.9 Å². The molecule has 0 aliphatic carbocycles. The maximum atomic E-state index is 13.3. The standard InChI is InChI=1S/C21H21BrN2O3/c1-4-27-20(26)21(3)18(22)17(23-15-12-10-14(2)11-13-15)19(25)24(21)16-8-6-5-7-9-16/h5-13,23H,4H2,1-3H3. The number of anilines is 2. The molecule has 1 unspecified atom stereocenters. The zero-order valence-electron chi connectivity index (χ0n) is 15.5. The Bertz CT molecular complexity index is 893. The number of nitrogens with zero attached hydrogens (tertiary/aromatic N) is 1. The predicted molar refractivity (Wildman–Crippen MR) is 110 cm³/mol. The summed E-state index contributed by atoms with van der Waals surface area (Å²) in [7, 11) is 0. The molecule has 0 aromatic heterocycles. The molecule has 0 saturated carbocycles. The van der Waals surface area contributed by atoms with Crippen LogP contribution < -0.4 is 10.2 Å². The summed E-state index contributed by atoms with van der Waals surface area (Å²) in [6, 6.07) is 16.8. The topological polar surface area (TPSA) is 58.6 Å². The number of ether oxygens (including phenoxy) is 1. The van der Waals surface area contributed by atoms with Crippen LogP contribution in [-0.2, 0) is 14.3 Å². The molecule has 1 heterocycles. The molecule has 0 saturated heterocycles. The lowest BCUT2D eigenvalue weighted by Gasteiger charge is -2.33. The highest BCUT2D eigenvalue weighted by Gasteiger charge is 2.54. The SMILES string of the molecule is CCOC(=O)C1(C)C(Br)=C(Nc2ccc(C)cc2)C(=O)N1c1ccccc1. The Morgan fingerprint density at radius 3 is 2.37 bits per heavy atom. The summed E-state index contributed by atoms with van der Waals surface area (Å²) in [5, 5.41) is 3.15. The van der Waals surface area contributed by atoms with E-state index in [1.165, 1.54) is 4.90 Å². The highest BCUT2D eigenvalue weighted by molar-refractivity contribution is 9.11. The molecule has 1 aliphatic rings. The van der Waals surface area contributed by atoms with E-state index in [1.807, 2.05) is 49.4 Å². The van der Waals surface area contributed by atoms with E-state index < -0.39 is 11.5 Å². The van der Waals surface area contributed by atoms with Crippen molar-refractivity contribution >= 4 is 39.2 Å². The number of halogens is 1. The van der Waals surface area contributed by atoms with Crippen molar-refractivity contribution in [3.8, 4) is 0 Å². The van der Waals surface area contributed by atoms with Crippen LogP contribution in [0.5, 0.6) is 0 Å². The summed E-state index contributed by atoms with van der Waals surface area (Å²) in [6.07, 6.45) is 0. The van der Waals surface area contributed by atoms with Gasteiger partial charge in [0.1, 0.15) is 5.70 Å². The molecule has 0 spiro atoms. The fourth-order valence-corrected chi connectivity index (χ4v) is 3.65. The molecule has 1 amide bonds. The second-order valence-corrected chi connectivity index (χ2v) is 7.24. The van der Waals surface area contributed by atoms with Gasteiger partial charge in [-0.3, -0.25) is 9.69 Å². The van der Waals surface area contributed by atoms with E-state index in [2.05, 4.69) is 21.2 Å². The van der Waals surface area contributed by atoms with E-state index in [9.17, 15) is 9.59 Å². The van der Waals surface area contributed by atoms with Gasteiger partial charge in [-0.05, 0) is 61.0 Å². The van der Waals surface area contributed by atoms with Crippen molar-refractivity contribution in [1.82, 2.24) is 0 Å². The summed E-state index contributed by atoms with van der Waals surface area (Å²) in [6.45, 7) is 5.65. The Balaban J connectivity index is 2.07. The van der Waals surface area contributed by atoms with Crippen LogP contribution in [0, 0.1) is 6.92 Å². The third-order valence-corrected chi connectivity index (χ3v) is 5.69. The normalized spacial score (nSPS) is 19.4. The van der Waals surface area contributed by atoms with Crippen molar-refractivity contribution in [2.45, 2.75) is 26.3 Å². The van der Waals surface area contributed by atoms with Gasteiger partial charge < -0.3 is 10.1 Å². The molecule has 1 N–H and O–H groups in total. The van der Waals surface area contributed by atoms with Gasteiger partial charge >= 0.3 is 5.97 Å². The number of amides is 1. The van der Waals surface area contributed by atoms with Crippen molar-refractivity contribution < 1.29 is 14.3 Å². The number of carbonyl (C=O) groups excluding carboxylic acids is 2. The zero-order chi connectivity index (χ0) is 19.6. The Morgan fingerprint density at radius 2 is 1.78 bits per heavy atom. The number of esters is 1. The summed E-state index contributed by atoms with van der Waals surface area (Å²) < 4.78 is 5.74. The Labute approximate surface area is 167 Å². The molecule has 0 fully saturated rings. The van der Waals surface area contributed by atoms with Crippen molar-refractivity contribution in [3.63, 3.8) is 0 Å². The van der Waals surface area contributed by atoms with E-state index in [-0.39, 0.29) is 12.5 Å². The summed E-state index contributed by atoms with van der Waals surface area (Å²) in [5.41, 5.74) is 1.53. The predicted octanol–water partition coefficient (Wildman–Crippen LogP) is 4.38. The summed E-state index contributed by atoms with van der Waals surface area (Å²) in [5.74, 6) is -0.793. The second kappa shape index (κ2) is 7.56. The molecule has 2 aromatic rings. The van der Waals surface area contributed by atoms with Crippen molar-refractivity contribution in [3.05, 3.63) is 70.3 Å². The quantitative estimate of drug-likeness (QED) is 0.717. The minimum Gasteiger partial charge on any atom is -0.464 e. The molecule has 1 atom stereocenters. The number of carbonyl (C=O) groups is 2. The van der Waals surface area contributed by atoms with Gasteiger partial charge in [-0.15, -0.1) is 0 Å². The molecule has 27 heavy (non-hydrogen) atoms. The molecule has 6 heteroatoms. The average Bonchev–Trinajstić information content (AvgIpc) is 2.86. The van der Waals surface area contributed by atoms with Crippen LogP contribution in [0.4, 0.5) is 11.4 Å². The van der Waals surface area contributed by atoms with Crippen molar-refractivity contribution in [2.75, 3.05) is 16.8 Å². The highest BCUT2D eigenvalue weighted by Crippen LogP contribution is 2.43. The fraction of sp³-hybridized carbons (Fsp3) is 0.238. The lowest BCUT2D eigenvalue weighted by molar-refractivity contribution is -0.147. The molecular weight excluding hydrogens is 408 g/mol. The maximum absolute atomic E-state index is 13.3. The van der Waals surface area contributed by atoms with Gasteiger partial charge in [-0.25, -0.2) is 4.79 Å². The smallest absolute Gasteiger partial charge is 0.337 e. The molecule has 3 rings (SSSR count). The van der Waals surface area contributed by atoms with Gasteiger partial charge in [0.15, 0.2) is 5.54 Å². The highest BCUT2D eigenvalue weighted by atomic mass is 79.9. The van der Waals surface area contributed by atoms with E-state index in [0.29, 0.717) is 15.9 Å². The molecule has 1 aliphatic heterocycles. The molecule has 0 radical (unpaired) electrons. The monoisotopic (exact) mass is 428 g/mol. The van der Waals surface area contributed by atoms with E-state index in [4.69, 9.17) is 4.74 Å². The molecule has 140 valence electrons. The summed E-state index contributed by atoms with van der Waals surface area (Å²) >= 11 is 3.50. The number of aryl methyl sites for hydroxylation is 1. The van der Waals surface area contributed by atoms with E-state index in [1.54, 1.807) is 26.0 Å². The Kier molecular flexibility index (Phi) is 5.37. The number of rotatable bonds is 5. The van der Waals surface area contributed by atoms with Crippen molar-refractivity contribution in [1.29, 1.82) is 0 Å². The van der Waals surface area contributed by atoms with Crippen LogP contribution in [0.2, 0.25) is 0 Å². The van der Waals surface area contributed by atoms with E-state index >= 15 is 0 Å². The lowest BCUT2D eigenvalue weighted by atomic mass is 10.0. The first-order valence-electron chi connectivity index (χ1n) is 8.70. The zero-order valence-corrected chi connectivity index (χ0v) is 17.0. The number of hydrogen-bond acceptors (Lipinski definition) is 4. The number of hydrogen-bond donors (Lipinski definition) is 1. The van der Waals surface area contributed by atoms with Crippen LogP contribution in [0.15, 0.2) is 64.8 Å². The minimum absolute atomic E-state index is 0.228. The van der Waals surface area contributed by atoms with Crippen LogP contribution in [-0.4, -0.2) is 24.0 Å². The van der Waals surface area contributed by atoms with Gasteiger partial charge in [-0.2, -0.15) is 0 Å². The molecule has 2 aromatic carbocycles. The van der Waals surface area contributed by atoms with Gasteiger partial charge in [-0.1, -0.05) is 35.9 Å². The second-order valence-electron chi connectivity index (χ2n) is 6.45. The fourth-order valence-electron chi connectivity index (χ4n) is 3.04. The van der Waals surface area contributed by atoms with Crippen molar-refractivity contribution in [2.24, 2.45) is 0 Å². The Morgan fingerprint density at radius 1 is 1.15 bits per heavy atom. The molecular formula is C21H21BrN2O3. The van der Waals surface area contributed by atoms with Gasteiger partial charge in [0.05, 0.1) is 11.1 Å². The number of benzene rings is 2. The van der Waals surface area contributed by atoms with Crippen LogP contribution in [0.25, 0.3) is 0 Å². The summed E-state index contributed by atoms with van der Waals surface area (Å²) in [4.78, 5) is 27.6. The third kappa shape index (κ3) is 3.37. The van der Waals surface area contributed by atoms with Crippen LogP contribution in [0.1, 0.15) is 19.4 Å². The first-order valence-corrected chi connectivity index (χ1v) is 9.49. The van der Waals surface area contributed by atoms with Gasteiger partial charge in [0, 0.05) is 11.4 Å². The maximum Gasteiger partial charge on any atom is 0.337 e. The first-order chi connectivity index (χ1) is 12.9. The number of para-hydroxylation sites is 1. The van der Waals surface area contributed by atoms with E-state index in [0.717, 1.165) is 11.3 Å². The van der Waals surface area contributed by atoms with Gasteiger partial charge in [0.25, 0.3) is 5.91 Å². The minimum atomic E-state index is -1.29. The molecule has 5 nitrogen and oxygen atoms in total. The molecule has 0 bridgehead atoms. The van der Waals surface area contributed by atoms with Gasteiger partial charge in [0.2, 0.25) is 0 Å². The lowest BCUT2D eigenvalue weighted by Crippen LogP contribution is -2.52. The Hall–Kier alpha value is -2.60. The largest absolute Gasteiger partial charge is 0.464 e. The average molecular weight is 429 g/mol. The third-order valence-electron chi connectivity index (χ3n) is 4.52. The van der Waals surface area contributed by atoms with Crippen LogP contribution in [0.3, 0.4) is 0 Å². The first kappa shape index (κ1) is 19.2.